The number of ether oxygens (including phenoxy) is 1. The lowest BCUT2D eigenvalue weighted by atomic mass is 10.0. The second kappa shape index (κ2) is 17.5. The van der Waals surface area contributed by atoms with Gasteiger partial charge in [-0.1, -0.05) is 12.1 Å². The summed E-state index contributed by atoms with van der Waals surface area (Å²) in [5.41, 5.74) is 4.41. The van der Waals surface area contributed by atoms with E-state index in [9.17, 15) is 38.4 Å². The van der Waals surface area contributed by atoms with E-state index in [1.807, 2.05) is 17.0 Å². The normalized spacial score (nSPS) is 16.8. The summed E-state index contributed by atoms with van der Waals surface area (Å²) in [6.45, 7) is 1.35. The van der Waals surface area contributed by atoms with Crippen LogP contribution in [0.1, 0.15) is 102 Å². The molecule has 1 aliphatic carbocycles. The maximum atomic E-state index is 13.5. The van der Waals surface area contributed by atoms with E-state index in [1.54, 1.807) is 72.8 Å². The summed E-state index contributed by atoms with van der Waals surface area (Å²) < 4.78 is 5.50. The quantitative estimate of drug-likeness (QED) is 0.0838. The van der Waals surface area contributed by atoms with Crippen molar-refractivity contribution in [2.45, 2.75) is 63.6 Å². The highest BCUT2D eigenvalue weighted by Crippen LogP contribution is 2.34. The van der Waals surface area contributed by atoms with Gasteiger partial charge in [-0.3, -0.25) is 48.6 Å². The number of benzene rings is 4. The number of carbonyl (C=O) groups excluding carboxylic acids is 8. The van der Waals surface area contributed by atoms with Crippen molar-refractivity contribution in [2.75, 3.05) is 35.6 Å². The molecule has 1 unspecified atom stereocenters. The van der Waals surface area contributed by atoms with Gasteiger partial charge in [0.25, 0.3) is 35.4 Å². The first-order chi connectivity index (χ1) is 29.5. The third-order valence-electron chi connectivity index (χ3n) is 11.0. The van der Waals surface area contributed by atoms with Gasteiger partial charge in [-0.15, -0.1) is 0 Å². The first-order valence-corrected chi connectivity index (χ1v) is 20.3. The number of carbonyl (C=O) groups is 8. The van der Waals surface area contributed by atoms with Gasteiger partial charge in [-0.25, -0.2) is 0 Å². The lowest BCUT2D eigenvalue weighted by molar-refractivity contribution is -0.136. The summed E-state index contributed by atoms with van der Waals surface area (Å²) in [4.78, 5) is 104. The van der Waals surface area contributed by atoms with Crippen LogP contribution in [0, 0.1) is 0 Å². The minimum absolute atomic E-state index is 0.0579. The Morgan fingerprint density at radius 1 is 0.689 bits per heavy atom. The van der Waals surface area contributed by atoms with Crippen LogP contribution in [0.3, 0.4) is 0 Å². The van der Waals surface area contributed by atoms with Crippen molar-refractivity contribution in [3.63, 3.8) is 0 Å². The van der Waals surface area contributed by atoms with Crippen LogP contribution in [-0.4, -0.2) is 88.8 Å². The first kappa shape index (κ1) is 40.4. The molecule has 1 saturated carbocycles. The van der Waals surface area contributed by atoms with Crippen LogP contribution in [0.2, 0.25) is 0 Å². The van der Waals surface area contributed by atoms with Gasteiger partial charge in [0.15, 0.2) is 6.61 Å². The highest BCUT2D eigenvalue weighted by molar-refractivity contribution is 6.23. The number of piperidine rings is 1. The Hall–Kier alpha value is -7.36. The van der Waals surface area contributed by atoms with Gasteiger partial charge in [0.1, 0.15) is 11.8 Å². The molecular formula is C45H43N7O9. The Labute approximate surface area is 350 Å². The summed E-state index contributed by atoms with van der Waals surface area (Å²) in [5.74, 6) is -2.63. The lowest BCUT2D eigenvalue weighted by Crippen LogP contribution is -2.54. The molecule has 2 fully saturated rings. The van der Waals surface area contributed by atoms with E-state index in [1.165, 1.54) is 0 Å². The molecule has 4 aromatic rings. The number of fused-ring (bicyclic) bond motifs is 2. The topological polar surface area (TPSA) is 212 Å². The van der Waals surface area contributed by atoms with Gasteiger partial charge in [0.2, 0.25) is 11.8 Å². The van der Waals surface area contributed by atoms with Gasteiger partial charge in [0, 0.05) is 60.2 Å². The van der Waals surface area contributed by atoms with E-state index >= 15 is 0 Å². The molecule has 61 heavy (non-hydrogen) atoms. The monoisotopic (exact) mass is 825 g/mol. The largest absolute Gasteiger partial charge is 0.482 e. The van der Waals surface area contributed by atoms with Gasteiger partial charge in [-0.2, -0.15) is 0 Å². The molecule has 5 N–H and O–H groups in total. The Balaban J connectivity index is 0.743. The second-order valence-corrected chi connectivity index (χ2v) is 15.4. The Morgan fingerprint density at radius 3 is 2.13 bits per heavy atom. The van der Waals surface area contributed by atoms with E-state index in [-0.39, 0.29) is 60.2 Å². The third kappa shape index (κ3) is 9.12. The molecule has 0 aromatic heterocycles. The number of imide groups is 2. The molecule has 4 aromatic carbocycles. The maximum absolute atomic E-state index is 13.5. The van der Waals surface area contributed by atoms with E-state index in [4.69, 9.17) is 4.74 Å². The molecule has 3 heterocycles. The van der Waals surface area contributed by atoms with Gasteiger partial charge in [0.05, 0.1) is 16.8 Å². The number of rotatable bonds is 15. The number of unbranched alkanes of at least 4 members (excludes halogenated alkanes) is 2. The zero-order valence-electron chi connectivity index (χ0n) is 33.1. The van der Waals surface area contributed by atoms with Crippen molar-refractivity contribution in [2.24, 2.45) is 0 Å². The summed E-state index contributed by atoms with van der Waals surface area (Å²) in [5, 5.41) is 14.0. The molecule has 312 valence electrons. The standard InChI is InChI=1S/C45H43N7O9/c53-38-19-18-36(42(57)50-38)52-44(59)33-16-13-31(23-34(33)45(52)60)46-20-2-1-3-21-47-40(55)27-8-11-30(12-9-27)48-41(56)28-6-4-26(5-7-28)24-51(32-14-15-32)43(58)29-10-17-35-37(22-29)61-25-39(54)49-35/h4-13,16-17,22-23,32,36,46H,1-3,14-15,18-21,24-25H2,(H,47,55)(H,48,56)(H,49,54)(H,50,53,57). The average molecular weight is 826 g/mol. The van der Waals surface area contributed by atoms with Crippen LogP contribution in [0.25, 0.3) is 0 Å². The Morgan fingerprint density at radius 2 is 1.38 bits per heavy atom. The third-order valence-corrected chi connectivity index (χ3v) is 11.0. The van der Waals surface area contributed by atoms with Crippen LogP contribution in [0.5, 0.6) is 5.75 Å². The zero-order chi connectivity index (χ0) is 42.6. The molecule has 8 amide bonds. The van der Waals surface area contributed by atoms with Crippen molar-refractivity contribution < 1.29 is 43.1 Å². The van der Waals surface area contributed by atoms with Crippen LogP contribution in [0.15, 0.2) is 84.9 Å². The molecule has 0 radical (unpaired) electrons. The number of anilines is 3. The molecule has 16 heteroatoms. The van der Waals surface area contributed by atoms with Crippen LogP contribution in [0.4, 0.5) is 17.1 Å². The SMILES string of the molecule is O=C1CCC(N2C(=O)c3ccc(NCCCCCNC(=O)c4ccc(NC(=O)c5ccc(CN(C(=O)c6ccc7c(c6)OCC(=O)N7)C6CC6)cc5)cc4)cc3C2=O)C(=O)N1. The highest BCUT2D eigenvalue weighted by Gasteiger charge is 2.44. The predicted octanol–water partition coefficient (Wildman–Crippen LogP) is 4.49. The molecule has 1 atom stereocenters. The average Bonchev–Trinajstić information content (AvgIpc) is 4.08. The molecule has 4 aliphatic rings. The molecule has 0 spiro atoms. The molecular weight excluding hydrogens is 783 g/mol. The van der Waals surface area contributed by atoms with Gasteiger partial charge in [-0.05, 0) is 117 Å². The van der Waals surface area contributed by atoms with E-state index in [0.29, 0.717) is 59.1 Å². The number of hydrogen-bond acceptors (Lipinski definition) is 10. The Kier molecular flexibility index (Phi) is 11.6. The first-order valence-electron chi connectivity index (χ1n) is 20.3. The fraction of sp³-hybridized carbons (Fsp3) is 0.289. The summed E-state index contributed by atoms with van der Waals surface area (Å²) in [7, 11) is 0. The molecule has 8 rings (SSSR count). The van der Waals surface area contributed by atoms with Crippen LogP contribution in [-0.2, 0) is 20.9 Å². The number of nitrogens with zero attached hydrogens (tertiary/aromatic N) is 2. The number of hydrogen-bond donors (Lipinski definition) is 5. The van der Waals surface area contributed by atoms with E-state index in [0.717, 1.165) is 42.6 Å². The van der Waals surface area contributed by atoms with Crippen molar-refractivity contribution in [1.82, 2.24) is 20.4 Å². The van der Waals surface area contributed by atoms with Gasteiger partial charge < -0.3 is 30.9 Å². The minimum atomic E-state index is -1.01. The fourth-order valence-corrected chi connectivity index (χ4v) is 7.54. The lowest BCUT2D eigenvalue weighted by Gasteiger charge is -2.27. The smallest absolute Gasteiger partial charge is 0.262 e. The minimum Gasteiger partial charge on any atom is -0.482 e. The van der Waals surface area contributed by atoms with Crippen molar-refractivity contribution in [3.05, 3.63) is 118 Å². The van der Waals surface area contributed by atoms with Gasteiger partial charge >= 0.3 is 0 Å². The number of nitrogens with one attached hydrogen (secondary N) is 5. The molecule has 1 saturated heterocycles. The molecule has 0 bridgehead atoms. The molecule has 3 aliphatic heterocycles. The van der Waals surface area contributed by atoms with Crippen LogP contribution >= 0.6 is 0 Å². The number of amides is 8. The van der Waals surface area contributed by atoms with Crippen molar-refractivity contribution in [1.29, 1.82) is 0 Å². The molecule has 16 nitrogen and oxygen atoms in total. The summed E-state index contributed by atoms with van der Waals surface area (Å²) in [6, 6.07) is 22.7. The second-order valence-electron chi connectivity index (χ2n) is 15.4. The van der Waals surface area contributed by atoms with E-state index < -0.39 is 29.7 Å². The zero-order valence-corrected chi connectivity index (χ0v) is 33.1. The highest BCUT2D eigenvalue weighted by atomic mass is 16.5. The van der Waals surface area contributed by atoms with Crippen LogP contribution < -0.4 is 31.3 Å². The van der Waals surface area contributed by atoms with E-state index in [2.05, 4.69) is 26.6 Å². The summed E-state index contributed by atoms with van der Waals surface area (Å²) in [6.07, 6.45) is 4.32. The Bertz CT molecular complexity index is 2450. The van der Waals surface area contributed by atoms with Crippen molar-refractivity contribution >= 4 is 64.3 Å². The van der Waals surface area contributed by atoms with Crippen molar-refractivity contribution in [3.8, 4) is 5.75 Å². The fourth-order valence-electron chi connectivity index (χ4n) is 7.54. The maximum Gasteiger partial charge on any atom is 0.262 e. The summed E-state index contributed by atoms with van der Waals surface area (Å²) >= 11 is 0. The predicted molar refractivity (Wildman–Crippen MR) is 222 cm³/mol.